The highest BCUT2D eigenvalue weighted by atomic mass is 32.2. The van der Waals surface area contributed by atoms with Crippen LogP contribution in [0.1, 0.15) is 12.8 Å². The van der Waals surface area contributed by atoms with E-state index in [2.05, 4.69) is 16.0 Å². The fraction of sp³-hybridized carbons (Fsp3) is 0.800. The first-order valence-corrected chi connectivity index (χ1v) is 6.79. The molecule has 2 fully saturated rings. The van der Waals surface area contributed by atoms with E-state index in [4.69, 9.17) is 0 Å². The molecule has 2 aliphatic heterocycles. The van der Waals surface area contributed by atoms with Crippen LogP contribution in [0.25, 0.3) is 0 Å². The second-order valence-electron chi connectivity index (χ2n) is 4.13. The summed E-state index contributed by atoms with van der Waals surface area (Å²) in [6.45, 7) is 0.630. The number of carbonyl (C=O) groups excluding carboxylic acids is 2. The normalized spacial score (nSPS) is 27.2. The van der Waals surface area contributed by atoms with Crippen molar-refractivity contribution in [1.29, 1.82) is 0 Å². The van der Waals surface area contributed by atoms with Crippen molar-refractivity contribution in [3.05, 3.63) is 0 Å². The van der Waals surface area contributed by atoms with E-state index in [9.17, 15) is 9.59 Å². The van der Waals surface area contributed by atoms with Crippen molar-refractivity contribution in [3.63, 3.8) is 0 Å². The monoisotopic (exact) mass is 243 g/mol. The summed E-state index contributed by atoms with van der Waals surface area (Å²) in [7, 11) is 0. The van der Waals surface area contributed by atoms with Gasteiger partial charge in [-0.25, -0.2) is 0 Å². The first kappa shape index (κ1) is 11.7. The molecule has 0 bridgehead atoms. The Balaban J connectivity index is 1.76. The average molecular weight is 243 g/mol. The average Bonchev–Trinajstić information content (AvgIpc) is 2.31. The minimum absolute atomic E-state index is 0.0110. The van der Waals surface area contributed by atoms with Gasteiger partial charge in [0.25, 0.3) is 0 Å². The molecule has 6 heteroatoms. The predicted octanol–water partition coefficient (Wildman–Crippen LogP) is -0.914. The Hall–Kier alpha value is -0.750. The fourth-order valence-electron chi connectivity index (χ4n) is 1.90. The van der Waals surface area contributed by atoms with Crippen molar-refractivity contribution >= 4 is 23.6 Å². The van der Waals surface area contributed by atoms with Crippen molar-refractivity contribution in [2.45, 2.75) is 24.9 Å². The first-order chi connectivity index (χ1) is 7.75. The molecule has 90 valence electrons. The standard InChI is InChI=1S/C10H17N3O2S/c14-9-6-11-8(5-12-9)10(15)13-7-1-3-16-4-2-7/h7-8,11H,1-6H2,(H,12,14)(H,13,15). The highest BCUT2D eigenvalue weighted by Gasteiger charge is 2.25. The minimum atomic E-state index is -0.271. The summed E-state index contributed by atoms with van der Waals surface area (Å²) >= 11 is 1.94. The molecule has 0 radical (unpaired) electrons. The fourth-order valence-corrected chi connectivity index (χ4v) is 3.00. The second-order valence-corrected chi connectivity index (χ2v) is 5.36. The molecule has 0 aromatic heterocycles. The second kappa shape index (κ2) is 5.54. The van der Waals surface area contributed by atoms with E-state index in [1.807, 2.05) is 11.8 Å². The molecule has 1 atom stereocenters. The Morgan fingerprint density at radius 3 is 2.75 bits per heavy atom. The van der Waals surface area contributed by atoms with Crippen LogP contribution in [0.4, 0.5) is 0 Å². The van der Waals surface area contributed by atoms with Crippen molar-refractivity contribution in [3.8, 4) is 0 Å². The van der Waals surface area contributed by atoms with Crippen molar-refractivity contribution in [2.24, 2.45) is 0 Å². The Kier molecular flexibility index (Phi) is 4.06. The zero-order valence-corrected chi connectivity index (χ0v) is 9.94. The quantitative estimate of drug-likeness (QED) is 0.587. The van der Waals surface area contributed by atoms with Crippen LogP contribution in [0, 0.1) is 0 Å². The van der Waals surface area contributed by atoms with Crippen LogP contribution in [0.15, 0.2) is 0 Å². The molecule has 2 rings (SSSR count). The molecule has 16 heavy (non-hydrogen) atoms. The van der Waals surface area contributed by atoms with E-state index < -0.39 is 0 Å². The van der Waals surface area contributed by atoms with E-state index in [1.54, 1.807) is 0 Å². The Morgan fingerprint density at radius 2 is 2.12 bits per heavy atom. The van der Waals surface area contributed by atoms with Crippen molar-refractivity contribution in [1.82, 2.24) is 16.0 Å². The van der Waals surface area contributed by atoms with Gasteiger partial charge in [-0.1, -0.05) is 0 Å². The summed E-state index contributed by atoms with van der Waals surface area (Å²) in [5.74, 6) is 2.22. The third kappa shape index (κ3) is 3.12. The number of hydrogen-bond donors (Lipinski definition) is 3. The number of nitrogens with one attached hydrogen (secondary N) is 3. The molecule has 2 amide bonds. The third-order valence-corrected chi connectivity index (χ3v) is 3.95. The summed E-state index contributed by atoms with van der Waals surface area (Å²) in [5.41, 5.74) is 0. The van der Waals surface area contributed by atoms with E-state index in [-0.39, 0.29) is 24.4 Å². The maximum atomic E-state index is 11.8. The van der Waals surface area contributed by atoms with E-state index in [0.29, 0.717) is 12.6 Å². The summed E-state index contributed by atoms with van der Waals surface area (Å²) < 4.78 is 0. The van der Waals surface area contributed by atoms with E-state index >= 15 is 0 Å². The van der Waals surface area contributed by atoms with Gasteiger partial charge in [0.1, 0.15) is 6.04 Å². The molecular formula is C10H17N3O2S. The topological polar surface area (TPSA) is 70.2 Å². The van der Waals surface area contributed by atoms with Crippen LogP contribution in [0.5, 0.6) is 0 Å². The lowest BCUT2D eigenvalue weighted by Crippen LogP contribution is -2.59. The highest BCUT2D eigenvalue weighted by molar-refractivity contribution is 7.99. The summed E-state index contributed by atoms with van der Waals surface area (Å²) in [6.07, 6.45) is 2.10. The zero-order valence-electron chi connectivity index (χ0n) is 9.12. The predicted molar refractivity (Wildman–Crippen MR) is 63.3 cm³/mol. The van der Waals surface area contributed by atoms with Crippen molar-refractivity contribution < 1.29 is 9.59 Å². The van der Waals surface area contributed by atoms with Gasteiger partial charge in [0.15, 0.2) is 0 Å². The van der Waals surface area contributed by atoms with Crippen molar-refractivity contribution in [2.75, 3.05) is 24.6 Å². The molecule has 1 unspecified atom stereocenters. The van der Waals surface area contributed by atoms with Gasteiger partial charge in [-0.15, -0.1) is 0 Å². The molecule has 5 nitrogen and oxygen atoms in total. The van der Waals surface area contributed by atoms with Gasteiger partial charge in [-0.2, -0.15) is 11.8 Å². The number of piperazine rings is 1. The van der Waals surface area contributed by atoms with Gasteiger partial charge in [-0.05, 0) is 24.3 Å². The largest absolute Gasteiger partial charge is 0.353 e. The lowest BCUT2D eigenvalue weighted by molar-refractivity contribution is -0.127. The van der Waals surface area contributed by atoms with Gasteiger partial charge in [-0.3, -0.25) is 14.9 Å². The molecule has 2 aliphatic rings. The molecule has 0 saturated carbocycles. The Bertz CT molecular complexity index is 269. The number of carbonyl (C=O) groups is 2. The smallest absolute Gasteiger partial charge is 0.239 e. The molecule has 0 aliphatic carbocycles. The van der Waals surface area contributed by atoms with Crippen LogP contribution in [0.2, 0.25) is 0 Å². The summed E-state index contributed by atoms with van der Waals surface area (Å²) in [4.78, 5) is 22.8. The third-order valence-electron chi connectivity index (χ3n) is 2.90. The lowest BCUT2D eigenvalue weighted by atomic mass is 10.1. The maximum Gasteiger partial charge on any atom is 0.239 e. The minimum Gasteiger partial charge on any atom is -0.353 e. The van der Waals surface area contributed by atoms with Gasteiger partial charge < -0.3 is 10.6 Å². The molecule has 2 heterocycles. The molecule has 0 aromatic rings. The van der Waals surface area contributed by atoms with Gasteiger partial charge >= 0.3 is 0 Å². The van der Waals surface area contributed by atoms with Crippen LogP contribution >= 0.6 is 11.8 Å². The highest BCUT2D eigenvalue weighted by Crippen LogP contribution is 2.16. The van der Waals surface area contributed by atoms with Gasteiger partial charge in [0, 0.05) is 12.6 Å². The van der Waals surface area contributed by atoms with Crippen LogP contribution in [0.3, 0.4) is 0 Å². The van der Waals surface area contributed by atoms with Gasteiger partial charge in [0.2, 0.25) is 11.8 Å². The number of rotatable bonds is 2. The molecule has 2 saturated heterocycles. The van der Waals surface area contributed by atoms with Crippen LogP contribution in [-0.4, -0.2) is 48.5 Å². The molecular weight excluding hydrogens is 226 g/mol. The summed E-state index contributed by atoms with van der Waals surface area (Å²) in [5, 5.41) is 8.65. The number of hydrogen-bond acceptors (Lipinski definition) is 4. The Labute approximate surface area is 99.1 Å². The Morgan fingerprint density at radius 1 is 1.38 bits per heavy atom. The number of amides is 2. The van der Waals surface area contributed by atoms with Crippen LogP contribution < -0.4 is 16.0 Å². The maximum absolute atomic E-state index is 11.8. The zero-order chi connectivity index (χ0) is 11.4. The SMILES string of the molecule is O=C1CNC(C(=O)NC2CCSCC2)CN1. The van der Waals surface area contributed by atoms with Crippen LogP contribution in [-0.2, 0) is 9.59 Å². The molecule has 0 spiro atoms. The first-order valence-electron chi connectivity index (χ1n) is 5.64. The van der Waals surface area contributed by atoms with Gasteiger partial charge in [0.05, 0.1) is 6.54 Å². The molecule has 0 aromatic carbocycles. The molecule has 3 N–H and O–H groups in total. The lowest BCUT2D eigenvalue weighted by Gasteiger charge is -2.27. The summed E-state index contributed by atoms with van der Waals surface area (Å²) in [6, 6.07) is 0.0421. The number of thioether (sulfide) groups is 1. The van der Waals surface area contributed by atoms with E-state index in [1.165, 1.54) is 0 Å². The van der Waals surface area contributed by atoms with E-state index in [0.717, 1.165) is 24.3 Å².